The van der Waals surface area contributed by atoms with Gasteiger partial charge in [-0.15, -0.1) is 0 Å². The number of para-hydroxylation sites is 1. The summed E-state index contributed by atoms with van der Waals surface area (Å²) in [4.78, 5) is 25.9. The Labute approximate surface area is 167 Å². The minimum absolute atomic E-state index is 0.0837. The Bertz CT molecular complexity index is 1110. The minimum atomic E-state index is -1.40. The van der Waals surface area contributed by atoms with E-state index in [0.29, 0.717) is 22.5 Å². The second-order valence-electron chi connectivity index (χ2n) is 7.86. The molecule has 0 unspecified atom stereocenters. The number of phenols is 1. The Morgan fingerprint density at radius 3 is 2.52 bits per heavy atom. The Kier molecular flexibility index (Phi) is 4.55. The van der Waals surface area contributed by atoms with E-state index in [2.05, 4.69) is 15.5 Å². The van der Waals surface area contributed by atoms with Gasteiger partial charge in [-0.1, -0.05) is 30.3 Å². The van der Waals surface area contributed by atoms with Crippen LogP contribution in [-0.4, -0.2) is 31.9 Å². The molecule has 1 aliphatic rings. The number of fused-ring (bicyclic) bond motifs is 1. The van der Waals surface area contributed by atoms with Crippen LogP contribution in [0.1, 0.15) is 35.2 Å². The number of aromatic nitrogens is 2. The lowest BCUT2D eigenvalue weighted by atomic mass is 9.66. The SMILES string of the molecule is Cc1ccccc1NC(=O)[C@H]1[C@@H](c2ccc(O)cc2)c2c([nH][nH]c2=O)C[C@@]1(C)O. The maximum absolute atomic E-state index is 13.4. The molecule has 1 amide bonds. The Morgan fingerprint density at radius 2 is 1.83 bits per heavy atom. The second kappa shape index (κ2) is 6.93. The number of carbonyl (C=O) groups excluding carboxylic acids is 1. The van der Waals surface area contributed by atoms with Gasteiger partial charge >= 0.3 is 0 Å². The van der Waals surface area contributed by atoms with Crippen molar-refractivity contribution >= 4 is 11.6 Å². The highest BCUT2D eigenvalue weighted by molar-refractivity contribution is 5.95. The third kappa shape index (κ3) is 3.34. The average molecular weight is 393 g/mol. The first kappa shape index (κ1) is 19.0. The zero-order valence-corrected chi connectivity index (χ0v) is 16.2. The number of aliphatic hydroxyl groups is 1. The summed E-state index contributed by atoms with van der Waals surface area (Å²) in [5.74, 6) is -1.86. The predicted molar refractivity (Wildman–Crippen MR) is 109 cm³/mol. The molecule has 0 saturated heterocycles. The van der Waals surface area contributed by atoms with Crippen LogP contribution in [0.4, 0.5) is 5.69 Å². The lowest BCUT2D eigenvalue weighted by molar-refractivity contribution is -0.130. The molecule has 7 nitrogen and oxygen atoms in total. The molecular weight excluding hydrogens is 370 g/mol. The van der Waals surface area contributed by atoms with Gasteiger partial charge in [-0.3, -0.25) is 14.7 Å². The number of aromatic hydroxyl groups is 1. The normalized spacial score (nSPS) is 23.4. The van der Waals surface area contributed by atoms with Crippen LogP contribution in [-0.2, 0) is 11.2 Å². The summed E-state index contributed by atoms with van der Waals surface area (Å²) in [6, 6.07) is 13.8. The molecule has 0 spiro atoms. The molecule has 3 atom stereocenters. The Morgan fingerprint density at radius 1 is 1.14 bits per heavy atom. The predicted octanol–water partition coefficient (Wildman–Crippen LogP) is 2.41. The summed E-state index contributed by atoms with van der Waals surface area (Å²) >= 11 is 0. The van der Waals surface area contributed by atoms with Gasteiger partial charge in [-0.25, -0.2) is 0 Å². The van der Waals surface area contributed by atoms with E-state index in [0.717, 1.165) is 5.56 Å². The van der Waals surface area contributed by atoms with Crippen molar-refractivity contribution in [1.82, 2.24) is 10.2 Å². The van der Waals surface area contributed by atoms with Gasteiger partial charge in [0, 0.05) is 29.3 Å². The number of nitrogens with one attached hydrogen (secondary N) is 3. The van der Waals surface area contributed by atoms with Crippen LogP contribution >= 0.6 is 0 Å². The van der Waals surface area contributed by atoms with Gasteiger partial charge in [0.15, 0.2) is 0 Å². The zero-order chi connectivity index (χ0) is 20.8. The number of H-pyrrole nitrogens is 2. The highest BCUT2D eigenvalue weighted by atomic mass is 16.3. The van der Waals surface area contributed by atoms with Crippen LogP contribution < -0.4 is 10.9 Å². The molecule has 0 fully saturated rings. The molecule has 2 aromatic carbocycles. The molecular formula is C22H23N3O4. The molecule has 29 heavy (non-hydrogen) atoms. The molecule has 150 valence electrons. The molecule has 0 bridgehead atoms. The fourth-order valence-electron chi connectivity index (χ4n) is 4.26. The standard InChI is InChI=1S/C22H23N3O4/c1-12-5-3-4-6-15(12)23-21(28)19-17(13-7-9-14(26)10-8-13)18-16(11-22(19,2)29)24-25-20(18)27/h3-10,17,19,26,29H,11H2,1-2H3,(H,23,28)(H2,24,25,27)/t17-,19+,22+/m0/s1. The lowest BCUT2D eigenvalue weighted by Gasteiger charge is -2.41. The molecule has 1 heterocycles. The summed E-state index contributed by atoms with van der Waals surface area (Å²) < 4.78 is 0. The van der Waals surface area contributed by atoms with Gasteiger partial charge in [0.2, 0.25) is 5.91 Å². The molecule has 1 aliphatic carbocycles. The molecule has 1 aromatic heterocycles. The highest BCUT2D eigenvalue weighted by Gasteiger charge is 2.50. The van der Waals surface area contributed by atoms with Crippen molar-refractivity contribution in [3.63, 3.8) is 0 Å². The van der Waals surface area contributed by atoms with Crippen LogP contribution in [0.2, 0.25) is 0 Å². The van der Waals surface area contributed by atoms with Crippen molar-refractivity contribution in [2.45, 2.75) is 31.8 Å². The van der Waals surface area contributed by atoms with E-state index in [9.17, 15) is 19.8 Å². The monoisotopic (exact) mass is 393 g/mol. The van der Waals surface area contributed by atoms with E-state index < -0.39 is 17.4 Å². The fraction of sp³-hybridized carbons (Fsp3) is 0.273. The fourth-order valence-corrected chi connectivity index (χ4v) is 4.26. The van der Waals surface area contributed by atoms with E-state index >= 15 is 0 Å². The number of hydrogen-bond donors (Lipinski definition) is 5. The number of amides is 1. The number of phenolic OH excluding ortho intramolecular Hbond substituents is 1. The molecule has 4 rings (SSSR count). The van der Waals surface area contributed by atoms with E-state index in [4.69, 9.17) is 0 Å². The number of carbonyl (C=O) groups is 1. The van der Waals surface area contributed by atoms with E-state index in [1.165, 1.54) is 12.1 Å². The van der Waals surface area contributed by atoms with Crippen molar-refractivity contribution in [3.8, 4) is 5.75 Å². The molecule has 5 N–H and O–H groups in total. The van der Waals surface area contributed by atoms with Gasteiger partial charge in [0.1, 0.15) is 5.75 Å². The average Bonchev–Trinajstić information content (AvgIpc) is 3.02. The third-order valence-electron chi connectivity index (χ3n) is 5.68. The molecule has 0 saturated carbocycles. The first-order chi connectivity index (χ1) is 13.8. The Balaban J connectivity index is 1.83. The van der Waals surface area contributed by atoms with Gasteiger partial charge in [0.25, 0.3) is 5.56 Å². The topological polar surface area (TPSA) is 118 Å². The van der Waals surface area contributed by atoms with E-state index in [1.807, 2.05) is 25.1 Å². The first-order valence-corrected chi connectivity index (χ1v) is 9.45. The second-order valence-corrected chi connectivity index (χ2v) is 7.86. The van der Waals surface area contributed by atoms with E-state index in [1.54, 1.807) is 25.1 Å². The highest BCUT2D eigenvalue weighted by Crippen LogP contribution is 2.44. The number of rotatable bonds is 3. The maximum Gasteiger partial charge on any atom is 0.267 e. The van der Waals surface area contributed by atoms with Crippen molar-refractivity contribution in [3.05, 3.63) is 81.3 Å². The molecule has 3 aromatic rings. The summed E-state index contributed by atoms with van der Waals surface area (Å²) in [7, 11) is 0. The van der Waals surface area contributed by atoms with Crippen LogP contribution in [0, 0.1) is 12.8 Å². The van der Waals surface area contributed by atoms with Gasteiger partial charge in [-0.05, 0) is 43.2 Å². The van der Waals surface area contributed by atoms with Crippen LogP contribution in [0.3, 0.4) is 0 Å². The van der Waals surface area contributed by atoms with Gasteiger partial charge in [0.05, 0.1) is 11.5 Å². The van der Waals surface area contributed by atoms with Crippen LogP contribution in [0.5, 0.6) is 5.75 Å². The van der Waals surface area contributed by atoms with Crippen LogP contribution in [0.15, 0.2) is 53.3 Å². The molecule has 0 aliphatic heterocycles. The van der Waals surface area contributed by atoms with E-state index in [-0.39, 0.29) is 23.6 Å². The van der Waals surface area contributed by atoms with Crippen molar-refractivity contribution in [2.24, 2.45) is 5.92 Å². The summed E-state index contributed by atoms with van der Waals surface area (Å²) in [6.45, 7) is 3.50. The summed E-state index contributed by atoms with van der Waals surface area (Å²) in [5.41, 5.74) is 1.53. The number of anilines is 1. The number of hydrogen-bond acceptors (Lipinski definition) is 4. The Hall–Kier alpha value is -3.32. The van der Waals surface area contributed by atoms with Gasteiger partial charge in [-0.2, -0.15) is 0 Å². The third-order valence-corrected chi connectivity index (χ3v) is 5.68. The van der Waals surface area contributed by atoms with Gasteiger partial charge < -0.3 is 20.6 Å². The minimum Gasteiger partial charge on any atom is -0.508 e. The zero-order valence-electron chi connectivity index (χ0n) is 16.2. The quantitative estimate of drug-likeness (QED) is 0.470. The lowest BCUT2D eigenvalue weighted by Crippen LogP contribution is -2.51. The largest absolute Gasteiger partial charge is 0.508 e. The first-order valence-electron chi connectivity index (χ1n) is 9.45. The smallest absolute Gasteiger partial charge is 0.267 e. The number of aryl methyl sites for hydroxylation is 1. The molecule has 0 radical (unpaired) electrons. The van der Waals surface area contributed by atoms with Crippen LogP contribution in [0.25, 0.3) is 0 Å². The number of aromatic amines is 2. The summed E-state index contributed by atoms with van der Waals surface area (Å²) in [6.07, 6.45) is 0.140. The van der Waals surface area contributed by atoms with Crippen molar-refractivity contribution in [1.29, 1.82) is 0 Å². The molecule has 7 heteroatoms. The summed E-state index contributed by atoms with van der Waals surface area (Å²) in [5, 5.41) is 29.2. The maximum atomic E-state index is 13.4. The van der Waals surface area contributed by atoms with Crippen molar-refractivity contribution < 1.29 is 15.0 Å². The number of benzene rings is 2. The van der Waals surface area contributed by atoms with Crippen molar-refractivity contribution in [2.75, 3.05) is 5.32 Å².